The molecule has 0 aliphatic carbocycles. The number of nitrogens with one attached hydrogen (secondary N) is 2. The third-order valence-corrected chi connectivity index (χ3v) is 5.23. The van der Waals surface area contributed by atoms with E-state index in [1.165, 1.54) is 25.1 Å². The Labute approximate surface area is 169 Å². The fourth-order valence-corrected chi connectivity index (χ4v) is 3.77. The summed E-state index contributed by atoms with van der Waals surface area (Å²) in [5.74, 6) is -3.11. The first-order chi connectivity index (χ1) is 13.8. The van der Waals surface area contributed by atoms with Crippen LogP contribution in [0.1, 0.15) is 36.0 Å². The van der Waals surface area contributed by atoms with Gasteiger partial charge in [0, 0.05) is 16.9 Å². The molecule has 1 heterocycles. The zero-order valence-electron chi connectivity index (χ0n) is 15.2. The van der Waals surface area contributed by atoms with E-state index in [0.29, 0.717) is 11.4 Å². The zero-order chi connectivity index (χ0) is 21.1. The predicted molar refractivity (Wildman–Crippen MR) is 109 cm³/mol. The normalized spacial score (nSPS) is 10.4. The average Bonchev–Trinajstić information content (AvgIpc) is 2.98. The van der Waals surface area contributed by atoms with E-state index in [1.54, 1.807) is 24.3 Å². The van der Waals surface area contributed by atoms with Crippen LogP contribution in [0, 0.1) is 12.7 Å². The van der Waals surface area contributed by atoms with E-state index < -0.39 is 23.6 Å². The van der Waals surface area contributed by atoms with Crippen LogP contribution in [0.3, 0.4) is 0 Å². The van der Waals surface area contributed by atoms with Crippen LogP contribution >= 0.6 is 11.3 Å². The van der Waals surface area contributed by atoms with Crippen LogP contribution in [0.2, 0.25) is 0 Å². The molecule has 5 N–H and O–H groups in total. The summed E-state index contributed by atoms with van der Waals surface area (Å²) in [4.78, 5) is 36.8. The molecule has 148 valence electrons. The van der Waals surface area contributed by atoms with E-state index in [2.05, 4.69) is 10.6 Å². The van der Waals surface area contributed by atoms with Crippen molar-refractivity contribution in [3.8, 4) is 0 Å². The minimum atomic E-state index is -1.30. The van der Waals surface area contributed by atoms with Gasteiger partial charge in [0.1, 0.15) is 10.8 Å². The molecule has 0 spiro atoms. The summed E-state index contributed by atoms with van der Waals surface area (Å²) >= 11 is 0.823. The number of aromatic carboxylic acids is 1. The molecule has 2 aromatic carbocycles. The van der Waals surface area contributed by atoms with E-state index in [0.717, 1.165) is 17.4 Å². The number of rotatable bonds is 5. The Balaban J connectivity index is 1.91. The number of amides is 2. The molecular formula is C20H16FN3O4S. The lowest BCUT2D eigenvalue weighted by atomic mass is 10.1. The first-order valence-corrected chi connectivity index (χ1v) is 9.18. The molecule has 29 heavy (non-hydrogen) atoms. The van der Waals surface area contributed by atoms with Crippen LogP contribution in [0.15, 0.2) is 48.5 Å². The van der Waals surface area contributed by atoms with Crippen molar-refractivity contribution in [2.24, 2.45) is 0 Å². The molecule has 0 unspecified atom stereocenters. The number of nitrogen functional groups attached to an aromatic ring is 1. The second-order valence-corrected chi connectivity index (χ2v) is 7.13. The fourth-order valence-electron chi connectivity index (χ4n) is 2.68. The fraction of sp³-hybridized carbons (Fsp3) is 0.0500. The maximum absolute atomic E-state index is 13.3. The van der Waals surface area contributed by atoms with Gasteiger partial charge in [0.25, 0.3) is 11.8 Å². The quantitative estimate of drug-likeness (QED) is 0.472. The van der Waals surface area contributed by atoms with Gasteiger partial charge in [-0.15, -0.1) is 11.3 Å². The lowest BCUT2D eigenvalue weighted by Gasteiger charge is -2.05. The lowest BCUT2D eigenvalue weighted by molar-refractivity contribution is 0.0697. The highest BCUT2D eigenvalue weighted by Gasteiger charge is 2.26. The van der Waals surface area contributed by atoms with Crippen molar-refractivity contribution in [2.75, 3.05) is 16.4 Å². The number of carboxylic acid groups (broad SMARTS) is 1. The second-order valence-electron chi connectivity index (χ2n) is 6.11. The lowest BCUT2D eigenvalue weighted by Crippen LogP contribution is -2.14. The van der Waals surface area contributed by atoms with Gasteiger partial charge in [-0.2, -0.15) is 0 Å². The van der Waals surface area contributed by atoms with Gasteiger partial charge in [-0.1, -0.05) is 12.1 Å². The molecule has 0 saturated carbocycles. The highest BCUT2D eigenvalue weighted by Crippen LogP contribution is 2.34. The Bertz CT molecular complexity index is 1130. The third-order valence-electron chi connectivity index (χ3n) is 4.03. The molecule has 2 amide bonds. The number of benzene rings is 2. The standard InChI is InChI=1S/C20H16FN3O4S/c1-10-15(20(27)28)19(24-17(25)11-4-2-5-12(21)8-11)29-16(10)18(26)23-14-7-3-6-13(22)9-14/h2-9H,22H2,1H3,(H,23,26)(H,24,25)(H,27,28). The maximum atomic E-state index is 13.3. The molecule has 0 bridgehead atoms. The minimum absolute atomic E-state index is 0.0120. The summed E-state index contributed by atoms with van der Waals surface area (Å²) in [6, 6.07) is 11.5. The van der Waals surface area contributed by atoms with Gasteiger partial charge in [-0.05, 0) is 48.9 Å². The van der Waals surface area contributed by atoms with Crippen molar-refractivity contribution in [2.45, 2.75) is 6.92 Å². The van der Waals surface area contributed by atoms with Gasteiger partial charge in [-0.3, -0.25) is 9.59 Å². The van der Waals surface area contributed by atoms with Crippen molar-refractivity contribution in [1.29, 1.82) is 0 Å². The molecule has 0 aliphatic rings. The maximum Gasteiger partial charge on any atom is 0.339 e. The Morgan fingerprint density at radius 1 is 1.03 bits per heavy atom. The number of nitrogens with two attached hydrogens (primary N) is 1. The number of halogens is 1. The summed E-state index contributed by atoms with van der Waals surface area (Å²) in [7, 11) is 0. The summed E-state index contributed by atoms with van der Waals surface area (Å²) in [5, 5.41) is 14.6. The highest BCUT2D eigenvalue weighted by molar-refractivity contribution is 7.19. The number of hydrogen-bond acceptors (Lipinski definition) is 5. The zero-order valence-corrected chi connectivity index (χ0v) is 16.0. The van der Waals surface area contributed by atoms with Gasteiger partial charge in [0.15, 0.2) is 0 Å². The topological polar surface area (TPSA) is 122 Å². The first kappa shape index (κ1) is 20.0. The van der Waals surface area contributed by atoms with Crippen molar-refractivity contribution >= 4 is 45.5 Å². The van der Waals surface area contributed by atoms with Crippen LogP contribution in [-0.2, 0) is 0 Å². The van der Waals surface area contributed by atoms with Gasteiger partial charge >= 0.3 is 5.97 Å². The van der Waals surface area contributed by atoms with E-state index in [4.69, 9.17) is 5.73 Å². The molecule has 0 aliphatic heterocycles. The molecule has 9 heteroatoms. The van der Waals surface area contributed by atoms with E-state index in [-0.39, 0.29) is 26.6 Å². The van der Waals surface area contributed by atoms with Crippen molar-refractivity contribution in [3.63, 3.8) is 0 Å². The van der Waals surface area contributed by atoms with Crippen LogP contribution in [-0.4, -0.2) is 22.9 Å². The van der Waals surface area contributed by atoms with Crippen LogP contribution in [0.5, 0.6) is 0 Å². The SMILES string of the molecule is Cc1c(C(=O)Nc2cccc(N)c2)sc(NC(=O)c2cccc(F)c2)c1C(=O)O. The number of carbonyl (C=O) groups excluding carboxylic acids is 2. The highest BCUT2D eigenvalue weighted by atomic mass is 32.1. The summed E-state index contributed by atoms with van der Waals surface area (Å²) in [6.07, 6.45) is 0. The Morgan fingerprint density at radius 3 is 2.41 bits per heavy atom. The molecule has 7 nitrogen and oxygen atoms in total. The van der Waals surface area contributed by atoms with E-state index in [1.807, 2.05) is 0 Å². The number of thiophene rings is 1. The van der Waals surface area contributed by atoms with E-state index in [9.17, 15) is 23.9 Å². The van der Waals surface area contributed by atoms with Gasteiger partial charge in [0.2, 0.25) is 0 Å². The average molecular weight is 413 g/mol. The van der Waals surface area contributed by atoms with Crippen LogP contribution < -0.4 is 16.4 Å². The number of anilines is 3. The summed E-state index contributed by atoms with van der Waals surface area (Å²) in [6.45, 7) is 1.48. The Hall–Kier alpha value is -3.72. The summed E-state index contributed by atoms with van der Waals surface area (Å²) in [5.41, 5.74) is 6.63. The Morgan fingerprint density at radius 2 is 1.76 bits per heavy atom. The predicted octanol–water partition coefficient (Wildman–Crippen LogP) is 3.98. The molecule has 0 fully saturated rings. The monoisotopic (exact) mass is 413 g/mol. The minimum Gasteiger partial charge on any atom is -0.478 e. The van der Waals surface area contributed by atoms with Crippen molar-refractivity contribution in [3.05, 3.63) is 75.9 Å². The van der Waals surface area contributed by atoms with E-state index >= 15 is 0 Å². The second kappa shape index (κ2) is 8.11. The molecule has 0 atom stereocenters. The van der Waals surface area contributed by atoms with Gasteiger partial charge in [-0.25, -0.2) is 9.18 Å². The van der Waals surface area contributed by atoms with Crippen LogP contribution in [0.25, 0.3) is 0 Å². The Kier molecular flexibility index (Phi) is 5.60. The number of carboxylic acids is 1. The molecule has 0 saturated heterocycles. The third kappa shape index (κ3) is 4.41. The van der Waals surface area contributed by atoms with Crippen molar-refractivity contribution in [1.82, 2.24) is 0 Å². The largest absolute Gasteiger partial charge is 0.478 e. The molecule has 1 aromatic heterocycles. The van der Waals surface area contributed by atoms with Crippen molar-refractivity contribution < 1.29 is 23.9 Å². The van der Waals surface area contributed by atoms with Gasteiger partial charge < -0.3 is 21.5 Å². The number of carbonyl (C=O) groups is 3. The smallest absolute Gasteiger partial charge is 0.339 e. The number of hydrogen-bond donors (Lipinski definition) is 4. The molecular weight excluding hydrogens is 397 g/mol. The first-order valence-electron chi connectivity index (χ1n) is 8.36. The summed E-state index contributed by atoms with van der Waals surface area (Å²) < 4.78 is 13.3. The molecule has 3 rings (SSSR count). The van der Waals surface area contributed by atoms with Gasteiger partial charge in [0.05, 0.1) is 10.4 Å². The molecule has 3 aromatic rings. The molecule has 0 radical (unpaired) electrons. The van der Waals surface area contributed by atoms with Crippen LogP contribution in [0.4, 0.5) is 20.8 Å².